The van der Waals surface area contributed by atoms with Gasteiger partial charge in [0.25, 0.3) is 0 Å². The summed E-state index contributed by atoms with van der Waals surface area (Å²) in [6.45, 7) is 4.71. The number of fused-ring (bicyclic) bond motifs is 1. The maximum absolute atomic E-state index is 6.02. The summed E-state index contributed by atoms with van der Waals surface area (Å²) in [7, 11) is 0. The van der Waals surface area contributed by atoms with Crippen molar-refractivity contribution >= 4 is 11.6 Å². The third-order valence-corrected chi connectivity index (χ3v) is 4.43. The van der Waals surface area contributed by atoms with Gasteiger partial charge >= 0.3 is 0 Å². The molecule has 0 radical (unpaired) electrons. The number of aromatic nitrogens is 4. The number of imidazole rings is 1. The van der Waals surface area contributed by atoms with Gasteiger partial charge in [0.1, 0.15) is 5.82 Å². The fourth-order valence-electron chi connectivity index (χ4n) is 2.82. The molecule has 0 N–H and O–H groups in total. The van der Waals surface area contributed by atoms with Crippen molar-refractivity contribution in [3.05, 3.63) is 53.4 Å². The first kappa shape index (κ1) is 14.4. The molecule has 0 fully saturated rings. The smallest absolute Gasteiger partial charge is 0.247 e. The average molecular weight is 330 g/mol. The number of rotatable bonds is 3. The number of hydrogen-bond donors (Lipinski definition) is 0. The van der Waals surface area contributed by atoms with E-state index in [9.17, 15) is 0 Å². The van der Waals surface area contributed by atoms with Gasteiger partial charge in [-0.25, -0.2) is 4.98 Å². The maximum Gasteiger partial charge on any atom is 0.247 e. The summed E-state index contributed by atoms with van der Waals surface area (Å²) in [5.41, 5.74) is 0.831. The quantitative estimate of drug-likeness (QED) is 0.738. The highest BCUT2D eigenvalue weighted by molar-refractivity contribution is 6.30. The Kier molecular flexibility index (Phi) is 3.63. The lowest BCUT2D eigenvalue weighted by Gasteiger charge is -2.30. The second-order valence-electron chi connectivity index (χ2n) is 5.64. The van der Waals surface area contributed by atoms with Crippen molar-refractivity contribution in [1.29, 1.82) is 0 Å². The summed E-state index contributed by atoms with van der Waals surface area (Å²) in [5, 5.41) is 9.02. The van der Waals surface area contributed by atoms with Crippen LogP contribution in [0.25, 0.3) is 11.5 Å². The topological polar surface area (TPSA) is 60.0 Å². The molecular formula is C16H16ClN5O. The molecule has 0 unspecified atom stereocenters. The second-order valence-corrected chi connectivity index (χ2v) is 6.08. The van der Waals surface area contributed by atoms with E-state index >= 15 is 0 Å². The molecule has 7 heteroatoms. The van der Waals surface area contributed by atoms with E-state index in [0.29, 0.717) is 16.8 Å². The summed E-state index contributed by atoms with van der Waals surface area (Å²) in [5.74, 6) is 2.17. The van der Waals surface area contributed by atoms with Gasteiger partial charge in [-0.2, -0.15) is 0 Å². The molecule has 0 bridgehead atoms. The molecule has 1 atom stereocenters. The summed E-state index contributed by atoms with van der Waals surface area (Å²) >= 11 is 6.02. The van der Waals surface area contributed by atoms with E-state index in [1.807, 2.05) is 36.7 Å². The SMILES string of the molecule is C[C@@H](c1nnc(-c2cccc(Cl)c2)o1)N1CCn2ccnc2C1. The Hall–Kier alpha value is -2.18. The molecule has 3 heterocycles. The van der Waals surface area contributed by atoms with Crippen molar-refractivity contribution in [2.24, 2.45) is 0 Å². The zero-order chi connectivity index (χ0) is 15.8. The van der Waals surface area contributed by atoms with E-state index in [4.69, 9.17) is 16.0 Å². The first-order valence-corrected chi connectivity index (χ1v) is 7.92. The Morgan fingerprint density at radius 2 is 2.17 bits per heavy atom. The van der Waals surface area contributed by atoms with E-state index in [0.717, 1.165) is 31.0 Å². The number of hydrogen-bond acceptors (Lipinski definition) is 5. The van der Waals surface area contributed by atoms with Gasteiger partial charge in [-0.1, -0.05) is 17.7 Å². The van der Waals surface area contributed by atoms with Gasteiger partial charge in [-0.05, 0) is 25.1 Å². The number of benzene rings is 1. The van der Waals surface area contributed by atoms with Gasteiger partial charge in [0.15, 0.2) is 0 Å². The van der Waals surface area contributed by atoms with Gasteiger partial charge in [0.2, 0.25) is 11.8 Å². The highest BCUT2D eigenvalue weighted by Gasteiger charge is 2.26. The molecule has 0 amide bonds. The minimum absolute atomic E-state index is 0.0425. The zero-order valence-electron chi connectivity index (χ0n) is 12.7. The van der Waals surface area contributed by atoms with E-state index in [2.05, 4.69) is 31.6 Å². The first-order valence-electron chi connectivity index (χ1n) is 7.54. The van der Waals surface area contributed by atoms with Gasteiger partial charge in [-0.3, -0.25) is 4.90 Å². The lowest BCUT2D eigenvalue weighted by Crippen LogP contribution is -2.35. The molecule has 0 saturated heterocycles. The molecular weight excluding hydrogens is 314 g/mol. The molecule has 23 heavy (non-hydrogen) atoms. The minimum Gasteiger partial charge on any atom is -0.419 e. The zero-order valence-corrected chi connectivity index (χ0v) is 13.4. The standard InChI is InChI=1S/C16H16ClN5O/c1-11(22-8-7-21-6-5-18-14(21)10-22)15-19-20-16(23-15)12-3-2-4-13(17)9-12/h2-6,9,11H,7-8,10H2,1H3/t11-/m0/s1. The van der Waals surface area contributed by atoms with Crippen LogP contribution in [-0.2, 0) is 13.1 Å². The van der Waals surface area contributed by atoms with Crippen molar-refractivity contribution in [2.75, 3.05) is 6.54 Å². The van der Waals surface area contributed by atoms with Crippen LogP contribution in [0, 0.1) is 0 Å². The highest BCUT2D eigenvalue weighted by atomic mass is 35.5. The van der Waals surface area contributed by atoms with Crippen molar-refractivity contribution in [3.63, 3.8) is 0 Å². The summed E-state index contributed by atoms with van der Waals surface area (Å²) in [6.07, 6.45) is 3.86. The lowest BCUT2D eigenvalue weighted by atomic mass is 10.2. The average Bonchev–Trinajstić information content (AvgIpc) is 3.22. The molecule has 6 nitrogen and oxygen atoms in total. The van der Waals surface area contributed by atoms with Crippen LogP contribution in [0.15, 0.2) is 41.1 Å². The molecule has 1 aliphatic heterocycles. The molecule has 0 saturated carbocycles. The van der Waals surface area contributed by atoms with Crippen LogP contribution in [0.5, 0.6) is 0 Å². The van der Waals surface area contributed by atoms with E-state index in [1.54, 1.807) is 0 Å². The molecule has 0 spiro atoms. The Morgan fingerprint density at radius 1 is 1.26 bits per heavy atom. The summed E-state index contributed by atoms with van der Waals surface area (Å²) in [6, 6.07) is 7.46. The van der Waals surface area contributed by atoms with Crippen LogP contribution < -0.4 is 0 Å². The summed E-state index contributed by atoms with van der Waals surface area (Å²) < 4.78 is 8.03. The molecule has 0 aliphatic carbocycles. The van der Waals surface area contributed by atoms with Crippen LogP contribution in [0.3, 0.4) is 0 Å². The number of nitrogens with zero attached hydrogens (tertiary/aromatic N) is 5. The van der Waals surface area contributed by atoms with Gasteiger partial charge in [-0.15, -0.1) is 10.2 Å². The third-order valence-electron chi connectivity index (χ3n) is 4.19. The lowest BCUT2D eigenvalue weighted by molar-refractivity contribution is 0.143. The molecule has 118 valence electrons. The Morgan fingerprint density at radius 3 is 3.04 bits per heavy atom. The van der Waals surface area contributed by atoms with E-state index in [-0.39, 0.29) is 6.04 Å². The molecule has 1 aromatic carbocycles. The molecule has 1 aliphatic rings. The molecule has 2 aromatic heterocycles. The van der Waals surface area contributed by atoms with Crippen molar-refractivity contribution in [3.8, 4) is 11.5 Å². The largest absolute Gasteiger partial charge is 0.419 e. The second kappa shape index (κ2) is 5.79. The normalized spacial score (nSPS) is 16.3. The fraction of sp³-hybridized carbons (Fsp3) is 0.312. The van der Waals surface area contributed by atoms with Crippen LogP contribution in [0.2, 0.25) is 5.02 Å². The Bertz CT molecular complexity index is 827. The van der Waals surface area contributed by atoms with Gasteiger partial charge in [0.05, 0.1) is 12.6 Å². The molecule has 3 aromatic rings. The third kappa shape index (κ3) is 2.75. The van der Waals surface area contributed by atoms with Gasteiger partial charge in [0, 0.05) is 36.1 Å². The highest BCUT2D eigenvalue weighted by Crippen LogP contribution is 2.27. The van der Waals surface area contributed by atoms with Crippen LogP contribution >= 0.6 is 11.6 Å². The van der Waals surface area contributed by atoms with Gasteiger partial charge < -0.3 is 8.98 Å². The Labute approximate surface area is 138 Å². The van der Waals surface area contributed by atoms with Crippen molar-refractivity contribution in [1.82, 2.24) is 24.6 Å². The minimum atomic E-state index is 0.0425. The molecule has 4 rings (SSSR count). The van der Waals surface area contributed by atoms with Crippen LogP contribution in [0.4, 0.5) is 0 Å². The monoisotopic (exact) mass is 329 g/mol. The summed E-state index contributed by atoms with van der Waals surface area (Å²) in [4.78, 5) is 6.67. The van der Waals surface area contributed by atoms with Crippen molar-refractivity contribution < 1.29 is 4.42 Å². The van der Waals surface area contributed by atoms with E-state index in [1.165, 1.54) is 0 Å². The van der Waals surface area contributed by atoms with E-state index < -0.39 is 0 Å². The maximum atomic E-state index is 6.02. The predicted octanol–water partition coefficient (Wildman–Crippen LogP) is 3.16. The Balaban J connectivity index is 1.55. The first-order chi connectivity index (χ1) is 11.2. The van der Waals surface area contributed by atoms with Crippen LogP contribution in [0.1, 0.15) is 24.7 Å². The van der Waals surface area contributed by atoms with Crippen molar-refractivity contribution in [2.45, 2.75) is 26.1 Å². The fourth-order valence-corrected chi connectivity index (χ4v) is 3.01. The predicted molar refractivity (Wildman–Crippen MR) is 85.8 cm³/mol. The number of halogens is 1. The van der Waals surface area contributed by atoms with Crippen LogP contribution in [-0.4, -0.2) is 31.2 Å².